The van der Waals surface area contributed by atoms with Crippen LogP contribution >= 0.6 is 23.4 Å². The van der Waals surface area contributed by atoms with Crippen LogP contribution in [0.4, 0.5) is 0 Å². The molecule has 4 aromatic rings. The van der Waals surface area contributed by atoms with Gasteiger partial charge < -0.3 is 9.90 Å². The van der Waals surface area contributed by atoms with E-state index in [2.05, 4.69) is 20.7 Å². The first kappa shape index (κ1) is 24.2. The number of hydrogen-bond donors (Lipinski definition) is 1. The van der Waals surface area contributed by atoms with Gasteiger partial charge in [0.05, 0.1) is 17.9 Å². The first-order chi connectivity index (χ1) is 16.9. The summed E-state index contributed by atoms with van der Waals surface area (Å²) in [6, 6.07) is 21.4. The molecule has 0 aliphatic heterocycles. The summed E-state index contributed by atoms with van der Waals surface area (Å²) in [5, 5.41) is 24.8. The predicted octanol–water partition coefficient (Wildman–Crippen LogP) is 3.50. The van der Waals surface area contributed by atoms with Gasteiger partial charge in [-0.15, -0.1) is 10.2 Å². The first-order valence-corrected chi connectivity index (χ1v) is 11.8. The molecule has 1 heterocycles. The molecular weight excluding hydrogens is 486 g/mol. The van der Waals surface area contributed by atoms with Crippen LogP contribution in [0.5, 0.6) is 0 Å². The number of rotatable bonds is 8. The van der Waals surface area contributed by atoms with Gasteiger partial charge in [0.2, 0.25) is 0 Å². The number of nitrogens with one attached hydrogen (secondary N) is 1. The lowest BCUT2D eigenvalue weighted by Gasteiger charge is -2.10. The van der Waals surface area contributed by atoms with Crippen LogP contribution in [0.3, 0.4) is 0 Å². The van der Waals surface area contributed by atoms with Gasteiger partial charge in [-0.05, 0) is 31.2 Å². The summed E-state index contributed by atoms with van der Waals surface area (Å²) in [4.78, 5) is 23.6. The van der Waals surface area contributed by atoms with Gasteiger partial charge in [0, 0.05) is 27.4 Å². The maximum absolute atomic E-state index is 12.4. The molecule has 0 radical (unpaired) electrons. The van der Waals surface area contributed by atoms with Crippen molar-refractivity contribution < 1.29 is 14.7 Å². The summed E-state index contributed by atoms with van der Waals surface area (Å²) >= 11 is 7.26. The molecule has 35 heavy (non-hydrogen) atoms. The van der Waals surface area contributed by atoms with Crippen molar-refractivity contribution in [2.24, 2.45) is 5.10 Å². The standard InChI is InChI=1S/C25H20ClN5O3S/c1-16-6-8-17(9-7-16)23-29-30-25(31(23)20-12-10-19(26)11-13-20)35-15-22(32)28-27-14-18-4-2-3-5-21(18)24(33)34/h2-14H,15H2,1H3,(H,28,32)(H,33,34)/p-1/b27-14-. The average Bonchev–Trinajstić information content (AvgIpc) is 3.28. The highest BCUT2D eigenvalue weighted by Gasteiger charge is 2.17. The van der Waals surface area contributed by atoms with Crippen molar-refractivity contribution in [1.29, 1.82) is 0 Å². The lowest BCUT2D eigenvalue weighted by atomic mass is 10.1. The fourth-order valence-electron chi connectivity index (χ4n) is 3.21. The number of carboxylic acids is 1. The Kier molecular flexibility index (Phi) is 7.59. The Morgan fingerprint density at radius 3 is 2.49 bits per heavy atom. The molecule has 0 fully saturated rings. The molecule has 4 rings (SSSR count). The molecule has 3 aromatic carbocycles. The number of carbonyl (C=O) groups is 2. The minimum absolute atomic E-state index is 0.0130. The summed E-state index contributed by atoms with van der Waals surface area (Å²) in [7, 11) is 0. The van der Waals surface area contributed by atoms with Crippen molar-refractivity contribution in [3.63, 3.8) is 0 Å². The Labute approximate surface area is 210 Å². The van der Waals surface area contributed by atoms with E-state index >= 15 is 0 Å². The fourth-order valence-corrected chi connectivity index (χ4v) is 4.08. The highest BCUT2D eigenvalue weighted by Crippen LogP contribution is 2.28. The van der Waals surface area contributed by atoms with E-state index in [9.17, 15) is 14.7 Å². The first-order valence-electron chi connectivity index (χ1n) is 10.5. The molecule has 8 nitrogen and oxygen atoms in total. The Hall–Kier alpha value is -3.95. The van der Waals surface area contributed by atoms with Crippen molar-refractivity contribution in [3.05, 3.63) is 94.5 Å². The number of amides is 1. The Bertz CT molecular complexity index is 1390. The van der Waals surface area contributed by atoms with Gasteiger partial charge in [0.15, 0.2) is 11.0 Å². The summed E-state index contributed by atoms with van der Waals surface area (Å²) in [5.74, 6) is -1.06. The maximum Gasteiger partial charge on any atom is 0.250 e. The quantitative estimate of drug-likeness (QED) is 0.223. The molecule has 10 heteroatoms. The highest BCUT2D eigenvalue weighted by molar-refractivity contribution is 7.99. The number of carboxylic acid groups (broad SMARTS) is 1. The van der Waals surface area contributed by atoms with E-state index in [1.165, 1.54) is 24.0 Å². The van der Waals surface area contributed by atoms with Crippen molar-refractivity contribution in [2.45, 2.75) is 12.1 Å². The van der Waals surface area contributed by atoms with E-state index in [1.807, 2.05) is 47.9 Å². The van der Waals surface area contributed by atoms with Crippen LogP contribution in [0.25, 0.3) is 17.1 Å². The summed E-state index contributed by atoms with van der Waals surface area (Å²) in [6.07, 6.45) is 1.26. The zero-order valence-electron chi connectivity index (χ0n) is 18.5. The molecule has 0 unspecified atom stereocenters. The number of aromatic nitrogens is 3. The summed E-state index contributed by atoms with van der Waals surface area (Å²) in [5.41, 5.74) is 5.52. The maximum atomic E-state index is 12.4. The number of hydrazone groups is 1. The summed E-state index contributed by atoms with van der Waals surface area (Å²) < 4.78 is 1.86. The van der Waals surface area contributed by atoms with Gasteiger partial charge >= 0.3 is 0 Å². The number of carbonyl (C=O) groups excluding carboxylic acids is 2. The van der Waals surface area contributed by atoms with E-state index in [1.54, 1.807) is 30.3 Å². The second kappa shape index (κ2) is 11.0. The van der Waals surface area contributed by atoms with E-state index in [-0.39, 0.29) is 17.2 Å². The SMILES string of the molecule is Cc1ccc(-c2nnc(SCC(=O)N/N=C\c3ccccc3C(=O)[O-])n2-c2ccc(Cl)cc2)cc1. The zero-order valence-corrected chi connectivity index (χ0v) is 20.1. The van der Waals surface area contributed by atoms with Crippen LogP contribution in [0.15, 0.2) is 83.1 Å². The number of benzene rings is 3. The van der Waals surface area contributed by atoms with Crippen molar-refractivity contribution in [3.8, 4) is 17.1 Å². The Morgan fingerprint density at radius 1 is 1.06 bits per heavy atom. The zero-order chi connectivity index (χ0) is 24.8. The van der Waals surface area contributed by atoms with Gasteiger partial charge in [-0.2, -0.15) is 5.10 Å². The van der Waals surface area contributed by atoms with E-state index in [0.717, 1.165) is 16.8 Å². The number of hydrogen-bond acceptors (Lipinski definition) is 7. The Morgan fingerprint density at radius 2 is 1.77 bits per heavy atom. The molecule has 0 aliphatic carbocycles. The Balaban J connectivity index is 1.51. The van der Waals surface area contributed by atoms with E-state index in [4.69, 9.17) is 11.6 Å². The molecule has 0 saturated carbocycles. The average molecular weight is 505 g/mol. The largest absolute Gasteiger partial charge is 0.545 e. The second-order valence-electron chi connectivity index (χ2n) is 7.44. The third-order valence-electron chi connectivity index (χ3n) is 4.93. The summed E-state index contributed by atoms with van der Waals surface area (Å²) in [6.45, 7) is 2.01. The van der Waals surface area contributed by atoms with Crippen LogP contribution in [0.2, 0.25) is 5.02 Å². The number of thioether (sulfide) groups is 1. The van der Waals surface area contributed by atoms with E-state index in [0.29, 0.717) is 21.6 Å². The molecule has 0 aliphatic rings. The lowest BCUT2D eigenvalue weighted by Crippen LogP contribution is -2.24. The third-order valence-corrected chi connectivity index (χ3v) is 6.11. The van der Waals surface area contributed by atoms with Crippen LogP contribution < -0.4 is 10.5 Å². The van der Waals surface area contributed by atoms with Crippen molar-refractivity contribution >= 4 is 41.5 Å². The molecule has 0 atom stereocenters. The van der Waals surface area contributed by atoms with Crippen LogP contribution in [-0.2, 0) is 4.79 Å². The highest BCUT2D eigenvalue weighted by atomic mass is 35.5. The van der Waals surface area contributed by atoms with Gasteiger partial charge in [0.1, 0.15) is 0 Å². The molecule has 1 N–H and O–H groups in total. The number of aryl methyl sites for hydroxylation is 1. The van der Waals surface area contributed by atoms with Gasteiger partial charge in [-0.3, -0.25) is 9.36 Å². The molecule has 0 saturated heterocycles. The fraction of sp³-hybridized carbons (Fsp3) is 0.0800. The second-order valence-corrected chi connectivity index (χ2v) is 8.82. The topological polar surface area (TPSA) is 112 Å². The molecule has 1 aromatic heterocycles. The molecule has 176 valence electrons. The number of halogens is 1. The number of nitrogens with zero attached hydrogens (tertiary/aromatic N) is 4. The van der Waals surface area contributed by atoms with Crippen LogP contribution in [0, 0.1) is 6.92 Å². The van der Waals surface area contributed by atoms with Crippen LogP contribution in [-0.4, -0.2) is 38.6 Å². The smallest absolute Gasteiger partial charge is 0.250 e. The minimum Gasteiger partial charge on any atom is -0.545 e. The van der Waals surface area contributed by atoms with Crippen LogP contribution in [0.1, 0.15) is 21.5 Å². The van der Waals surface area contributed by atoms with Crippen molar-refractivity contribution in [2.75, 3.05) is 5.75 Å². The lowest BCUT2D eigenvalue weighted by molar-refractivity contribution is -0.255. The van der Waals surface area contributed by atoms with E-state index < -0.39 is 5.97 Å². The molecule has 0 bridgehead atoms. The van der Waals surface area contributed by atoms with Gasteiger partial charge in [-0.25, -0.2) is 5.43 Å². The molecular formula is C25H19ClN5O3S-. The van der Waals surface area contributed by atoms with Gasteiger partial charge in [0.25, 0.3) is 5.91 Å². The monoisotopic (exact) mass is 504 g/mol. The van der Waals surface area contributed by atoms with Gasteiger partial charge in [-0.1, -0.05) is 77.5 Å². The number of aromatic carboxylic acids is 1. The third kappa shape index (κ3) is 5.95. The normalized spacial score (nSPS) is 11.0. The molecule has 1 amide bonds. The predicted molar refractivity (Wildman–Crippen MR) is 134 cm³/mol. The molecule has 0 spiro atoms. The minimum atomic E-state index is -1.32. The van der Waals surface area contributed by atoms with Crippen molar-refractivity contribution in [1.82, 2.24) is 20.2 Å².